The van der Waals surface area contributed by atoms with E-state index in [1.54, 1.807) is 0 Å². The molecule has 26 heavy (non-hydrogen) atoms. The van der Waals surface area contributed by atoms with Crippen molar-refractivity contribution in [3.05, 3.63) is 20.4 Å². The Morgan fingerprint density at radius 1 is 0.692 bits per heavy atom. The molecular formula is C18H36N6O2. The van der Waals surface area contributed by atoms with E-state index in [1.165, 1.54) is 0 Å². The molecule has 8 heteroatoms. The van der Waals surface area contributed by atoms with E-state index in [0.717, 1.165) is 51.9 Å². The van der Waals surface area contributed by atoms with Gasteiger partial charge in [-0.3, -0.25) is 9.59 Å². The smallest absolute Gasteiger partial charge is 0.253 e. The van der Waals surface area contributed by atoms with Crippen LogP contribution in [0.4, 0.5) is 11.4 Å². The molecule has 0 unspecified atom stereocenters. The van der Waals surface area contributed by atoms with Crippen molar-refractivity contribution in [2.45, 2.75) is 25.7 Å². The highest BCUT2D eigenvalue weighted by Crippen LogP contribution is 2.14. The number of rotatable bonds is 16. The monoisotopic (exact) mass is 368 g/mol. The molecule has 1 aromatic carbocycles. The summed E-state index contributed by atoms with van der Waals surface area (Å²) in [5.74, 6) is 0. The lowest BCUT2D eigenvalue weighted by Crippen LogP contribution is -2.38. The van der Waals surface area contributed by atoms with E-state index in [4.69, 9.17) is 11.5 Å². The van der Waals surface area contributed by atoms with Gasteiger partial charge in [0.05, 0.1) is 0 Å². The van der Waals surface area contributed by atoms with Crippen molar-refractivity contribution < 1.29 is 0 Å². The highest BCUT2D eigenvalue weighted by Gasteiger charge is 2.19. The second-order valence-corrected chi connectivity index (χ2v) is 6.86. The minimum absolute atomic E-state index is 0.413. The van der Waals surface area contributed by atoms with Gasteiger partial charge in [-0.1, -0.05) is 0 Å². The summed E-state index contributed by atoms with van der Waals surface area (Å²) in [6.45, 7) is 6.56. The Morgan fingerprint density at radius 2 is 1.04 bits per heavy atom. The molecule has 0 amide bonds. The third kappa shape index (κ3) is 7.82. The van der Waals surface area contributed by atoms with Gasteiger partial charge in [-0.15, -0.1) is 0 Å². The third-order valence-corrected chi connectivity index (χ3v) is 4.44. The molecule has 150 valence electrons. The highest BCUT2D eigenvalue weighted by molar-refractivity contribution is 5.73. The van der Waals surface area contributed by atoms with Gasteiger partial charge in [-0.25, -0.2) is 0 Å². The number of nitrogens with one attached hydrogen (secondary N) is 2. The lowest BCUT2D eigenvalue weighted by molar-refractivity contribution is 0.330. The Kier molecular flexibility index (Phi) is 11.1. The van der Waals surface area contributed by atoms with Crippen LogP contribution >= 0.6 is 0 Å². The number of nitrogens with zero attached hydrogens (tertiary/aromatic N) is 2. The van der Waals surface area contributed by atoms with Crippen molar-refractivity contribution in [2.24, 2.45) is 11.5 Å². The van der Waals surface area contributed by atoms with Crippen molar-refractivity contribution in [1.29, 1.82) is 0 Å². The van der Waals surface area contributed by atoms with Gasteiger partial charge >= 0.3 is 0 Å². The molecule has 0 saturated heterocycles. The van der Waals surface area contributed by atoms with Gasteiger partial charge in [0.2, 0.25) is 0 Å². The minimum Gasteiger partial charge on any atom is -0.380 e. The Hall–Kier alpha value is -1.48. The molecule has 0 spiro atoms. The summed E-state index contributed by atoms with van der Waals surface area (Å²) in [4.78, 5) is 27.9. The van der Waals surface area contributed by atoms with Gasteiger partial charge in [-0.05, 0) is 79.0 Å². The predicted octanol–water partition coefficient (Wildman–Crippen LogP) is -0.552. The standard InChI is InChI=1S/C18H36N6O2/c1-23(11-3-7-19)13-5-9-21-15-16(18(26)17(15)25)22-10-6-14-24(2)12-4-8-20/h21-22H,3-14,19-20H2,1-2H3. The maximum absolute atomic E-state index is 11.7. The Labute approximate surface area is 156 Å². The van der Waals surface area contributed by atoms with E-state index >= 15 is 0 Å². The fourth-order valence-electron chi connectivity index (χ4n) is 2.80. The van der Waals surface area contributed by atoms with Gasteiger partial charge < -0.3 is 31.9 Å². The van der Waals surface area contributed by atoms with E-state index in [-0.39, 0.29) is 0 Å². The van der Waals surface area contributed by atoms with Gasteiger partial charge in [0.1, 0.15) is 11.4 Å². The average Bonchev–Trinajstić information content (AvgIpc) is 2.64. The normalized spacial score (nSPS) is 11.6. The van der Waals surface area contributed by atoms with Crippen LogP contribution in [0.25, 0.3) is 0 Å². The molecule has 0 fully saturated rings. The summed E-state index contributed by atoms with van der Waals surface area (Å²) in [5, 5.41) is 6.22. The molecule has 0 aliphatic heterocycles. The van der Waals surface area contributed by atoms with Crippen molar-refractivity contribution in [3.8, 4) is 0 Å². The lowest BCUT2D eigenvalue weighted by atomic mass is 10.2. The molecule has 0 aliphatic carbocycles. The molecule has 8 nitrogen and oxygen atoms in total. The summed E-state index contributed by atoms with van der Waals surface area (Å²) in [7, 11) is 4.12. The van der Waals surface area contributed by atoms with Crippen LogP contribution in [-0.2, 0) is 0 Å². The van der Waals surface area contributed by atoms with E-state index < -0.39 is 10.9 Å². The summed E-state index contributed by atoms with van der Waals surface area (Å²) in [6.07, 6.45) is 3.78. The van der Waals surface area contributed by atoms with Gasteiger partial charge in [-0.2, -0.15) is 0 Å². The summed E-state index contributed by atoms with van der Waals surface area (Å²) < 4.78 is 0. The van der Waals surface area contributed by atoms with Crippen molar-refractivity contribution in [2.75, 3.05) is 77.1 Å². The number of hydrogen-bond donors (Lipinski definition) is 4. The Balaban J connectivity index is 2.27. The van der Waals surface area contributed by atoms with Crippen LogP contribution in [0.5, 0.6) is 0 Å². The molecule has 0 saturated carbocycles. The first-order chi connectivity index (χ1) is 12.5. The molecule has 0 aromatic heterocycles. The summed E-state index contributed by atoms with van der Waals surface area (Å²) in [5.41, 5.74) is 11.1. The molecule has 0 bridgehead atoms. The van der Waals surface area contributed by atoms with Crippen molar-refractivity contribution in [1.82, 2.24) is 9.80 Å². The van der Waals surface area contributed by atoms with E-state index in [1.807, 2.05) is 0 Å². The van der Waals surface area contributed by atoms with Crippen LogP contribution < -0.4 is 33.0 Å². The van der Waals surface area contributed by atoms with Crippen molar-refractivity contribution >= 4 is 11.4 Å². The quantitative estimate of drug-likeness (QED) is 0.227. The van der Waals surface area contributed by atoms with Gasteiger partial charge in [0.15, 0.2) is 0 Å². The Bertz CT molecular complexity index is 520. The first-order valence-corrected chi connectivity index (χ1v) is 9.59. The zero-order valence-corrected chi connectivity index (χ0v) is 16.4. The molecule has 1 rings (SSSR count). The van der Waals surface area contributed by atoms with Crippen molar-refractivity contribution in [3.63, 3.8) is 0 Å². The number of nitrogens with two attached hydrogens (primary N) is 2. The van der Waals surface area contributed by atoms with Gasteiger partial charge in [0.25, 0.3) is 10.9 Å². The first kappa shape index (κ1) is 22.6. The number of hydrogen-bond acceptors (Lipinski definition) is 8. The predicted molar refractivity (Wildman–Crippen MR) is 110 cm³/mol. The van der Waals surface area contributed by atoms with Gasteiger partial charge in [0, 0.05) is 13.1 Å². The van der Waals surface area contributed by atoms with E-state index in [0.29, 0.717) is 37.6 Å². The van der Waals surface area contributed by atoms with E-state index in [9.17, 15) is 9.59 Å². The van der Waals surface area contributed by atoms with Crippen LogP contribution in [0.15, 0.2) is 9.59 Å². The molecular weight excluding hydrogens is 332 g/mol. The molecule has 0 aliphatic rings. The minimum atomic E-state index is -0.413. The molecule has 0 atom stereocenters. The summed E-state index contributed by atoms with van der Waals surface area (Å²) in [6, 6.07) is 0. The first-order valence-electron chi connectivity index (χ1n) is 9.59. The van der Waals surface area contributed by atoms with Crippen LogP contribution in [0.2, 0.25) is 0 Å². The number of anilines is 2. The van der Waals surface area contributed by atoms with Crippen LogP contribution in [0.1, 0.15) is 25.7 Å². The maximum atomic E-state index is 11.7. The van der Waals surface area contributed by atoms with Crippen LogP contribution in [-0.4, -0.2) is 76.3 Å². The summed E-state index contributed by atoms with van der Waals surface area (Å²) >= 11 is 0. The molecule has 6 N–H and O–H groups in total. The second kappa shape index (κ2) is 12.8. The third-order valence-electron chi connectivity index (χ3n) is 4.44. The van der Waals surface area contributed by atoms with Crippen LogP contribution in [0, 0.1) is 0 Å². The average molecular weight is 369 g/mol. The second-order valence-electron chi connectivity index (χ2n) is 6.86. The molecule has 0 radical (unpaired) electrons. The largest absolute Gasteiger partial charge is 0.380 e. The fourth-order valence-corrected chi connectivity index (χ4v) is 2.80. The lowest BCUT2D eigenvalue weighted by Gasteiger charge is -2.19. The molecule has 1 aromatic rings. The fraction of sp³-hybridized carbons (Fsp3) is 0.778. The Morgan fingerprint density at radius 3 is 1.38 bits per heavy atom. The van der Waals surface area contributed by atoms with E-state index in [2.05, 4.69) is 34.5 Å². The SMILES string of the molecule is CN(CCCN)CCCNc1c(NCCCN(C)CCCN)c(=O)c1=O. The van der Waals surface area contributed by atoms with Crippen LogP contribution in [0.3, 0.4) is 0 Å². The zero-order valence-electron chi connectivity index (χ0n) is 16.4. The topological polar surface area (TPSA) is 117 Å². The molecule has 0 heterocycles. The highest BCUT2D eigenvalue weighted by atomic mass is 16.2. The maximum Gasteiger partial charge on any atom is 0.253 e. The zero-order chi connectivity index (χ0) is 19.4.